The highest BCUT2D eigenvalue weighted by Crippen LogP contribution is 2.19. The highest BCUT2D eigenvalue weighted by Gasteiger charge is 2.08. The van der Waals surface area contributed by atoms with Crippen LogP contribution in [-0.4, -0.2) is 10.1 Å². The SMILES string of the molecule is OC(Cc1cccnc1)c1ccsc1. The molecule has 0 aliphatic heterocycles. The van der Waals surface area contributed by atoms with Crippen molar-refractivity contribution in [1.29, 1.82) is 0 Å². The molecule has 2 aromatic heterocycles. The van der Waals surface area contributed by atoms with Crippen LogP contribution in [0.4, 0.5) is 0 Å². The lowest BCUT2D eigenvalue weighted by molar-refractivity contribution is 0.179. The van der Waals surface area contributed by atoms with Gasteiger partial charge in [-0.2, -0.15) is 11.3 Å². The Labute approximate surface area is 86.9 Å². The second kappa shape index (κ2) is 4.35. The average molecular weight is 205 g/mol. The van der Waals surface area contributed by atoms with Crippen LogP contribution < -0.4 is 0 Å². The third-order valence-corrected chi connectivity index (χ3v) is 2.78. The van der Waals surface area contributed by atoms with Gasteiger partial charge in [-0.15, -0.1) is 0 Å². The zero-order chi connectivity index (χ0) is 9.80. The summed E-state index contributed by atoms with van der Waals surface area (Å²) in [6, 6.07) is 5.81. The summed E-state index contributed by atoms with van der Waals surface area (Å²) in [5, 5.41) is 13.8. The van der Waals surface area contributed by atoms with E-state index in [0.717, 1.165) is 11.1 Å². The molecule has 0 bridgehead atoms. The Morgan fingerprint density at radius 1 is 1.43 bits per heavy atom. The first-order valence-corrected chi connectivity index (χ1v) is 5.39. The maximum atomic E-state index is 9.84. The lowest BCUT2D eigenvalue weighted by Gasteiger charge is -2.07. The van der Waals surface area contributed by atoms with Crippen molar-refractivity contribution >= 4 is 11.3 Å². The number of rotatable bonds is 3. The van der Waals surface area contributed by atoms with Gasteiger partial charge in [-0.1, -0.05) is 6.07 Å². The summed E-state index contributed by atoms with van der Waals surface area (Å²) in [6.07, 6.45) is 3.74. The summed E-state index contributed by atoms with van der Waals surface area (Å²) in [6.45, 7) is 0. The van der Waals surface area contributed by atoms with Gasteiger partial charge in [-0.05, 0) is 34.0 Å². The molecule has 2 heterocycles. The van der Waals surface area contributed by atoms with Crippen LogP contribution in [0.25, 0.3) is 0 Å². The molecule has 0 aromatic carbocycles. The van der Waals surface area contributed by atoms with Crippen LogP contribution in [0.5, 0.6) is 0 Å². The van der Waals surface area contributed by atoms with Gasteiger partial charge in [0.2, 0.25) is 0 Å². The number of hydrogen-bond acceptors (Lipinski definition) is 3. The molecule has 0 aliphatic rings. The van der Waals surface area contributed by atoms with Crippen LogP contribution in [0.3, 0.4) is 0 Å². The summed E-state index contributed by atoms with van der Waals surface area (Å²) in [4.78, 5) is 4.01. The number of nitrogens with zero attached hydrogens (tertiary/aromatic N) is 1. The normalized spacial score (nSPS) is 12.6. The average Bonchev–Trinajstić information content (AvgIpc) is 2.72. The van der Waals surface area contributed by atoms with Crippen LogP contribution >= 0.6 is 11.3 Å². The molecule has 14 heavy (non-hydrogen) atoms. The quantitative estimate of drug-likeness (QED) is 0.834. The first kappa shape index (κ1) is 9.37. The molecule has 0 radical (unpaired) electrons. The van der Waals surface area contributed by atoms with Crippen molar-refractivity contribution in [2.45, 2.75) is 12.5 Å². The standard InChI is InChI=1S/C11H11NOS/c13-11(10-3-5-14-8-10)6-9-2-1-4-12-7-9/h1-5,7-8,11,13H,6H2. The Bertz CT molecular complexity index is 371. The van der Waals surface area contributed by atoms with E-state index in [4.69, 9.17) is 0 Å². The summed E-state index contributed by atoms with van der Waals surface area (Å²) < 4.78 is 0. The van der Waals surface area contributed by atoms with E-state index in [1.165, 1.54) is 0 Å². The molecule has 1 atom stereocenters. The largest absolute Gasteiger partial charge is 0.388 e. The van der Waals surface area contributed by atoms with E-state index in [-0.39, 0.29) is 0 Å². The molecule has 2 aromatic rings. The van der Waals surface area contributed by atoms with Gasteiger partial charge in [-0.25, -0.2) is 0 Å². The van der Waals surface area contributed by atoms with Gasteiger partial charge in [0.25, 0.3) is 0 Å². The lowest BCUT2D eigenvalue weighted by atomic mass is 10.1. The Hall–Kier alpha value is -1.19. The number of pyridine rings is 1. The lowest BCUT2D eigenvalue weighted by Crippen LogP contribution is -2.00. The van der Waals surface area contributed by atoms with Crippen LogP contribution in [0.2, 0.25) is 0 Å². The van der Waals surface area contributed by atoms with Gasteiger partial charge >= 0.3 is 0 Å². The molecular formula is C11H11NOS. The highest BCUT2D eigenvalue weighted by atomic mass is 32.1. The van der Waals surface area contributed by atoms with Gasteiger partial charge in [0.05, 0.1) is 6.10 Å². The fourth-order valence-electron chi connectivity index (χ4n) is 1.32. The van der Waals surface area contributed by atoms with Crippen LogP contribution in [0, 0.1) is 0 Å². The number of hydrogen-bond donors (Lipinski definition) is 1. The minimum atomic E-state index is -0.412. The van der Waals surface area contributed by atoms with E-state index in [1.54, 1.807) is 23.7 Å². The van der Waals surface area contributed by atoms with Crippen molar-refractivity contribution in [3.05, 3.63) is 52.5 Å². The summed E-state index contributed by atoms with van der Waals surface area (Å²) in [5.41, 5.74) is 2.05. The Morgan fingerprint density at radius 2 is 2.36 bits per heavy atom. The molecule has 72 valence electrons. The Morgan fingerprint density at radius 3 is 3.00 bits per heavy atom. The summed E-state index contributed by atoms with van der Waals surface area (Å²) in [7, 11) is 0. The van der Waals surface area contributed by atoms with Gasteiger partial charge < -0.3 is 5.11 Å². The highest BCUT2D eigenvalue weighted by molar-refractivity contribution is 7.07. The molecule has 1 N–H and O–H groups in total. The molecule has 1 unspecified atom stereocenters. The molecule has 0 saturated heterocycles. The summed E-state index contributed by atoms with van der Waals surface area (Å²) in [5.74, 6) is 0. The smallest absolute Gasteiger partial charge is 0.0838 e. The van der Waals surface area contributed by atoms with E-state index < -0.39 is 6.10 Å². The van der Waals surface area contributed by atoms with E-state index in [0.29, 0.717) is 6.42 Å². The number of thiophene rings is 1. The maximum absolute atomic E-state index is 9.84. The van der Waals surface area contributed by atoms with Gasteiger partial charge in [0, 0.05) is 18.8 Å². The van der Waals surface area contributed by atoms with Crippen molar-refractivity contribution in [2.75, 3.05) is 0 Å². The monoisotopic (exact) mass is 205 g/mol. The first-order valence-electron chi connectivity index (χ1n) is 4.45. The first-order chi connectivity index (χ1) is 6.86. The van der Waals surface area contributed by atoms with E-state index in [9.17, 15) is 5.11 Å². The fourth-order valence-corrected chi connectivity index (χ4v) is 2.03. The maximum Gasteiger partial charge on any atom is 0.0838 e. The molecule has 2 rings (SSSR count). The molecule has 0 fully saturated rings. The fraction of sp³-hybridized carbons (Fsp3) is 0.182. The topological polar surface area (TPSA) is 33.1 Å². The van der Waals surface area contributed by atoms with Crippen molar-refractivity contribution in [2.24, 2.45) is 0 Å². The molecular weight excluding hydrogens is 194 g/mol. The van der Waals surface area contributed by atoms with Crippen molar-refractivity contribution in [1.82, 2.24) is 4.98 Å². The van der Waals surface area contributed by atoms with Crippen LogP contribution in [-0.2, 0) is 6.42 Å². The van der Waals surface area contributed by atoms with Crippen LogP contribution in [0.15, 0.2) is 41.4 Å². The number of aromatic nitrogens is 1. The minimum absolute atomic E-state index is 0.412. The third kappa shape index (κ3) is 2.19. The zero-order valence-corrected chi connectivity index (χ0v) is 8.45. The van der Waals surface area contributed by atoms with E-state index in [1.807, 2.05) is 29.0 Å². The third-order valence-electron chi connectivity index (χ3n) is 2.08. The number of aliphatic hydroxyl groups is 1. The van der Waals surface area contributed by atoms with Crippen molar-refractivity contribution in [3.63, 3.8) is 0 Å². The molecule has 0 spiro atoms. The van der Waals surface area contributed by atoms with Crippen molar-refractivity contribution < 1.29 is 5.11 Å². The van der Waals surface area contributed by atoms with Crippen LogP contribution in [0.1, 0.15) is 17.2 Å². The summed E-state index contributed by atoms with van der Waals surface area (Å²) >= 11 is 1.60. The van der Waals surface area contributed by atoms with E-state index in [2.05, 4.69) is 4.98 Å². The zero-order valence-electron chi connectivity index (χ0n) is 7.63. The van der Waals surface area contributed by atoms with Crippen molar-refractivity contribution in [3.8, 4) is 0 Å². The second-order valence-electron chi connectivity index (χ2n) is 3.14. The molecule has 3 heteroatoms. The molecule has 0 saturated carbocycles. The van der Waals surface area contributed by atoms with Gasteiger partial charge in [-0.3, -0.25) is 4.98 Å². The van der Waals surface area contributed by atoms with E-state index >= 15 is 0 Å². The molecule has 0 amide bonds. The second-order valence-corrected chi connectivity index (χ2v) is 3.92. The predicted molar refractivity (Wildman–Crippen MR) is 57.2 cm³/mol. The molecule has 2 nitrogen and oxygen atoms in total. The Kier molecular flexibility index (Phi) is 2.91. The van der Waals surface area contributed by atoms with Gasteiger partial charge in [0.1, 0.15) is 0 Å². The number of aliphatic hydroxyl groups excluding tert-OH is 1. The molecule has 0 aliphatic carbocycles. The predicted octanol–water partition coefficient (Wildman–Crippen LogP) is 2.42. The minimum Gasteiger partial charge on any atom is -0.388 e. The Balaban J connectivity index is 2.06. The van der Waals surface area contributed by atoms with Gasteiger partial charge in [0.15, 0.2) is 0 Å².